The number of nitrogens with zero attached hydrogens (tertiary/aromatic N) is 4. The van der Waals surface area contributed by atoms with Gasteiger partial charge < -0.3 is 4.90 Å². The number of hydrogen-bond donors (Lipinski definition) is 0. The van der Waals surface area contributed by atoms with Gasteiger partial charge in [0.05, 0.1) is 5.75 Å². The highest BCUT2D eigenvalue weighted by Gasteiger charge is 2.35. The number of thioether (sulfide) groups is 1. The van der Waals surface area contributed by atoms with Gasteiger partial charge in [-0.25, -0.2) is 0 Å². The molecule has 2 aliphatic rings. The van der Waals surface area contributed by atoms with E-state index >= 15 is 0 Å². The Kier molecular flexibility index (Phi) is 5.45. The number of carbonyl (C=O) groups excluding carboxylic acids is 2. The van der Waals surface area contributed by atoms with Gasteiger partial charge in [-0.3, -0.25) is 14.5 Å². The molecule has 1 fully saturated rings. The summed E-state index contributed by atoms with van der Waals surface area (Å²) in [6.07, 6.45) is 3.43. The SMILES string of the molecule is CCC(=O)N(c1nnc(SCC(=O)N2CCc3ccccc3C2)s1)C1CC1. The molecule has 0 N–H and O–H groups in total. The molecule has 0 radical (unpaired) electrons. The van der Waals surface area contributed by atoms with Crippen LogP contribution in [0.25, 0.3) is 0 Å². The fourth-order valence-corrected chi connectivity index (χ4v) is 5.08. The van der Waals surface area contributed by atoms with E-state index in [-0.39, 0.29) is 17.9 Å². The van der Waals surface area contributed by atoms with Crippen molar-refractivity contribution in [2.45, 2.75) is 49.5 Å². The van der Waals surface area contributed by atoms with Gasteiger partial charge in [-0.1, -0.05) is 54.3 Å². The highest BCUT2D eigenvalue weighted by atomic mass is 32.2. The van der Waals surface area contributed by atoms with E-state index in [0.29, 0.717) is 23.8 Å². The molecule has 6 nitrogen and oxygen atoms in total. The molecule has 0 bridgehead atoms. The predicted octanol–water partition coefficient (Wildman–Crippen LogP) is 3.12. The van der Waals surface area contributed by atoms with E-state index in [1.165, 1.54) is 34.2 Å². The second-order valence-corrected chi connectivity index (χ2v) is 9.00. The fourth-order valence-electron chi connectivity index (χ4n) is 3.25. The van der Waals surface area contributed by atoms with Crippen molar-refractivity contribution in [1.29, 1.82) is 0 Å². The average molecular weight is 403 g/mol. The molecule has 1 aliphatic carbocycles. The molecule has 1 aromatic carbocycles. The molecular weight excluding hydrogens is 380 g/mol. The number of carbonyl (C=O) groups is 2. The minimum Gasteiger partial charge on any atom is -0.337 e. The molecule has 1 aromatic heterocycles. The average Bonchev–Trinajstić information content (AvgIpc) is 3.43. The number of rotatable bonds is 6. The first-order valence-electron chi connectivity index (χ1n) is 9.28. The number of hydrogen-bond acceptors (Lipinski definition) is 6. The van der Waals surface area contributed by atoms with Gasteiger partial charge in [0.2, 0.25) is 16.9 Å². The third-order valence-corrected chi connectivity index (χ3v) is 6.93. The first kappa shape index (κ1) is 18.4. The summed E-state index contributed by atoms with van der Waals surface area (Å²) in [5, 5.41) is 9.04. The standard InChI is InChI=1S/C19H22N4O2S2/c1-2-16(24)23(15-7-8-15)18-20-21-19(27-18)26-12-17(25)22-10-9-13-5-3-4-6-14(13)11-22/h3-6,15H,2,7-12H2,1H3. The third-order valence-electron chi connectivity index (χ3n) is 4.89. The summed E-state index contributed by atoms with van der Waals surface area (Å²) >= 11 is 2.81. The van der Waals surface area contributed by atoms with Crippen LogP contribution in [0.4, 0.5) is 5.13 Å². The van der Waals surface area contributed by atoms with Crippen LogP contribution in [-0.2, 0) is 22.6 Å². The maximum atomic E-state index is 12.6. The van der Waals surface area contributed by atoms with Crippen LogP contribution < -0.4 is 4.90 Å². The summed E-state index contributed by atoms with van der Waals surface area (Å²) in [7, 11) is 0. The van der Waals surface area contributed by atoms with E-state index in [9.17, 15) is 9.59 Å². The minimum atomic E-state index is 0.0910. The van der Waals surface area contributed by atoms with E-state index in [0.717, 1.165) is 30.1 Å². The number of aromatic nitrogens is 2. The van der Waals surface area contributed by atoms with Crippen molar-refractivity contribution in [3.05, 3.63) is 35.4 Å². The van der Waals surface area contributed by atoms with Gasteiger partial charge in [-0.05, 0) is 30.4 Å². The number of anilines is 1. The quantitative estimate of drug-likeness (QED) is 0.549. The van der Waals surface area contributed by atoms with E-state index < -0.39 is 0 Å². The van der Waals surface area contributed by atoms with Crippen molar-refractivity contribution < 1.29 is 9.59 Å². The van der Waals surface area contributed by atoms with Gasteiger partial charge in [0, 0.05) is 25.6 Å². The smallest absolute Gasteiger partial charge is 0.233 e. The maximum Gasteiger partial charge on any atom is 0.233 e. The van der Waals surface area contributed by atoms with Crippen LogP contribution >= 0.6 is 23.1 Å². The van der Waals surface area contributed by atoms with Crippen LogP contribution in [0, 0.1) is 0 Å². The van der Waals surface area contributed by atoms with Crippen LogP contribution in [0.15, 0.2) is 28.6 Å². The molecule has 4 rings (SSSR count). The van der Waals surface area contributed by atoms with Gasteiger partial charge in [-0.15, -0.1) is 10.2 Å². The lowest BCUT2D eigenvalue weighted by atomic mass is 10.00. The summed E-state index contributed by atoms with van der Waals surface area (Å²) in [5.74, 6) is 0.560. The molecule has 0 atom stereocenters. The zero-order chi connectivity index (χ0) is 18.8. The Morgan fingerprint density at radius 3 is 2.78 bits per heavy atom. The highest BCUT2D eigenvalue weighted by Crippen LogP contribution is 2.36. The predicted molar refractivity (Wildman–Crippen MR) is 107 cm³/mol. The molecular formula is C19H22N4O2S2. The number of benzene rings is 1. The van der Waals surface area contributed by atoms with Gasteiger partial charge >= 0.3 is 0 Å². The Labute approximate surface area is 167 Å². The second-order valence-electron chi connectivity index (χ2n) is 6.82. The van der Waals surface area contributed by atoms with Gasteiger partial charge in [0.15, 0.2) is 4.34 Å². The highest BCUT2D eigenvalue weighted by molar-refractivity contribution is 8.01. The van der Waals surface area contributed by atoms with Crippen molar-refractivity contribution in [2.24, 2.45) is 0 Å². The molecule has 2 aromatic rings. The second kappa shape index (κ2) is 7.98. The fraction of sp³-hybridized carbons (Fsp3) is 0.474. The molecule has 0 spiro atoms. The van der Waals surface area contributed by atoms with Crippen molar-refractivity contribution in [3.63, 3.8) is 0 Å². The zero-order valence-corrected chi connectivity index (χ0v) is 16.9. The largest absolute Gasteiger partial charge is 0.337 e. The normalized spacial score (nSPS) is 16.1. The number of amides is 2. The molecule has 8 heteroatoms. The molecule has 2 amide bonds. The third kappa shape index (κ3) is 4.16. The van der Waals surface area contributed by atoms with Crippen molar-refractivity contribution >= 4 is 40.0 Å². The van der Waals surface area contributed by atoms with Crippen LogP contribution in [0.5, 0.6) is 0 Å². The van der Waals surface area contributed by atoms with Crippen LogP contribution in [0.1, 0.15) is 37.3 Å². The lowest BCUT2D eigenvalue weighted by Crippen LogP contribution is -2.37. The first-order valence-corrected chi connectivity index (χ1v) is 11.1. The van der Waals surface area contributed by atoms with E-state index in [1.807, 2.05) is 24.0 Å². The summed E-state index contributed by atoms with van der Waals surface area (Å²) in [5.41, 5.74) is 2.57. The van der Waals surface area contributed by atoms with E-state index in [1.54, 1.807) is 4.90 Å². The molecule has 142 valence electrons. The molecule has 1 aliphatic heterocycles. The lowest BCUT2D eigenvalue weighted by molar-refractivity contribution is -0.129. The van der Waals surface area contributed by atoms with Gasteiger partial charge in [0.25, 0.3) is 0 Å². The Morgan fingerprint density at radius 2 is 2.04 bits per heavy atom. The number of fused-ring (bicyclic) bond motifs is 1. The first-order chi connectivity index (χ1) is 13.2. The van der Waals surface area contributed by atoms with Crippen molar-refractivity contribution in [1.82, 2.24) is 15.1 Å². The summed E-state index contributed by atoms with van der Waals surface area (Å²) in [6.45, 7) is 3.31. The maximum absolute atomic E-state index is 12.6. The van der Waals surface area contributed by atoms with Crippen LogP contribution in [0.2, 0.25) is 0 Å². The van der Waals surface area contributed by atoms with Crippen molar-refractivity contribution in [3.8, 4) is 0 Å². The summed E-state index contributed by atoms with van der Waals surface area (Å²) in [6, 6.07) is 8.58. The molecule has 0 unspecified atom stereocenters. The van der Waals surface area contributed by atoms with Gasteiger partial charge in [-0.2, -0.15) is 0 Å². The zero-order valence-electron chi connectivity index (χ0n) is 15.3. The summed E-state index contributed by atoms with van der Waals surface area (Å²) in [4.78, 5) is 28.5. The minimum absolute atomic E-state index is 0.0910. The van der Waals surface area contributed by atoms with Crippen molar-refractivity contribution in [2.75, 3.05) is 17.2 Å². The van der Waals surface area contributed by atoms with Crippen LogP contribution in [-0.4, -0.2) is 45.3 Å². The topological polar surface area (TPSA) is 66.4 Å². The lowest BCUT2D eigenvalue weighted by Gasteiger charge is -2.28. The van der Waals surface area contributed by atoms with E-state index in [4.69, 9.17) is 0 Å². The molecule has 1 saturated carbocycles. The summed E-state index contributed by atoms with van der Waals surface area (Å²) < 4.78 is 0.741. The monoisotopic (exact) mass is 402 g/mol. The Hall–Kier alpha value is -1.93. The molecule has 2 heterocycles. The molecule has 0 saturated heterocycles. The van der Waals surface area contributed by atoms with Gasteiger partial charge in [0.1, 0.15) is 0 Å². The van der Waals surface area contributed by atoms with Crippen LogP contribution in [0.3, 0.4) is 0 Å². The Balaban J connectivity index is 1.35. The Bertz CT molecular complexity index is 850. The van der Waals surface area contributed by atoms with E-state index in [2.05, 4.69) is 22.3 Å². The molecule has 27 heavy (non-hydrogen) atoms. The Morgan fingerprint density at radius 1 is 1.26 bits per heavy atom.